The van der Waals surface area contributed by atoms with Crippen LogP contribution in [-0.4, -0.2) is 20.7 Å². The molecule has 0 aliphatic heterocycles. The lowest BCUT2D eigenvalue weighted by atomic mass is 10.1. The van der Waals surface area contributed by atoms with E-state index < -0.39 is 16.1 Å². The van der Waals surface area contributed by atoms with Crippen molar-refractivity contribution in [3.63, 3.8) is 0 Å². The smallest absolute Gasteiger partial charge is 0.244 e. The van der Waals surface area contributed by atoms with Crippen molar-refractivity contribution in [3.05, 3.63) is 54.1 Å². The largest absolute Gasteiger partial charge is 1.00 e. The Morgan fingerprint density at radius 2 is 1.22 bits per heavy atom. The lowest BCUT2D eigenvalue weighted by molar-refractivity contribution is -0.687. The van der Waals surface area contributed by atoms with Crippen molar-refractivity contribution in [3.8, 4) is 0 Å². The zero-order chi connectivity index (χ0) is 22.7. The first-order valence-corrected chi connectivity index (χ1v) is 20.1. The van der Waals surface area contributed by atoms with Crippen LogP contribution in [0.4, 0.5) is 0 Å². The molecule has 2 nitrogen and oxygen atoms in total. The van der Waals surface area contributed by atoms with Crippen molar-refractivity contribution in [1.82, 2.24) is 4.57 Å². The molecule has 5 heteroatoms. The highest BCUT2D eigenvalue weighted by atomic mass is 127. The van der Waals surface area contributed by atoms with Crippen LogP contribution in [0, 0.1) is 0 Å². The van der Waals surface area contributed by atoms with Crippen LogP contribution < -0.4 is 28.5 Å². The second-order valence-corrected chi connectivity index (χ2v) is 23.2. The molecular formula is C27H49IN2Si2. The Morgan fingerprint density at radius 1 is 0.688 bits per heavy atom. The Hall–Kier alpha value is -0.406. The monoisotopic (exact) mass is 584 g/mol. The van der Waals surface area contributed by atoms with Crippen molar-refractivity contribution in [2.24, 2.45) is 0 Å². The van der Waals surface area contributed by atoms with Gasteiger partial charge in [0, 0.05) is 16.1 Å². The summed E-state index contributed by atoms with van der Waals surface area (Å²) in [6.07, 6.45) is 17.8. The molecule has 0 aliphatic rings. The van der Waals surface area contributed by atoms with Gasteiger partial charge in [-0.1, -0.05) is 108 Å². The third kappa shape index (κ3) is 14.0. The second-order valence-electron chi connectivity index (χ2n) is 12.0. The molecule has 0 saturated carbocycles. The van der Waals surface area contributed by atoms with Gasteiger partial charge in [0.2, 0.25) is 6.33 Å². The highest BCUT2D eigenvalue weighted by Crippen LogP contribution is 2.16. The number of unbranched alkanes of at least 4 members (excludes halogenated alkanes) is 6. The van der Waals surface area contributed by atoms with E-state index >= 15 is 0 Å². The van der Waals surface area contributed by atoms with Crippen LogP contribution in [0.1, 0.15) is 56.1 Å². The summed E-state index contributed by atoms with van der Waals surface area (Å²) in [5.41, 5.74) is 2.89. The minimum absolute atomic E-state index is 0. The number of aromatic nitrogens is 2. The molecule has 32 heavy (non-hydrogen) atoms. The zero-order valence-corrected chi connectivity index (χ0v) is 26.0. The molecule has 0 aliphatic carbocycles. The molecule has 0 N–H and O–H groups in total. The van der Waals surface area contributed by atoms with Gasteiger partial charge < -0.3 is 24.0 Å². The van der Waals surface area contributed by atoms with Crippen molar-refractivity contribution in [2.75, 3.05) is 0 Å². The number of benzene rings is 1. The summed E-state index contributed by atoms with van der Waals surface area (Å²) >= 11 is 0. The van der Waals surface area contributed by atoms with E-state index in [0.717, 1.165) is 13.1 Å². The summed E-state index contributed by atoms with van der Waals surface area (Å²) < 4.78 is 4.67. The molecule has 2 rings (SSSR count). The van der Waals surface area contributed by atoms with E-state index in [-0.39, 0.29) is 24.0 Å². The molecule has 0 fully saturated rings. The van der Waals surface area contributed by atoms with Crippen molar-refractivity contribution >= 4 is 16.1 Å². The lowest BCUT2D eigenvalue weighted by Crippen LogP contribution is -3.00. The quantitative estimate of drug-likeness (QED) is 0.123. The molecule has 0 atom stereocenters. The Bertz CT molecular complexity index is 742. The average Bonchev–Trinajstić information content (AvgIpc) is 3.12. The summed E-state index contributed by atoms with van der Waals surface area (Å²) in [7, 11) is -1.76. The molecular weight excluding hydrogens is 535 g/mol. The molecule has 2 aromatic rings. The summed E-state index contributed by atoms with van der Waals surface area (Å²) in [6.45, 7) is 17.0. The average molecular weight is 585 g/mol. The third-order valence-electron chi connectivity index (χ3n) is 6.14. The van der Waals surface area contributed by atoms with Crippen LogP contribution in [-0.2, 0) is 19.5 Å². The van der Waals surface area contributed by atoms with E-state index in [9.17, 15) is 0 Å². The van der Waals surface area contributed by atoms with Crippen molar-refractivity contribution < 1.29 is 28.5 Å². The van der Waals surface area contributed by atoms with Crippen LogP contribution in [0.15, 0.2) is 43.0 Å². The van der Waals surface area contributed by atoms with E-state index in [1.54, 1.807) is 0 Å². The summed E-state index contributed by atoms with van der Waals surface area (Å²) in [6, 6.07) is 12.2. The maximum Gasteiger partial charge on any atom is 0.244 e. The molecule has 182 valence electrons. The normalized spacial score (nSPS) is 12.1. The number of nitrogens with zero attached hydrogens (tertiary/aromatic N) is 2. The van der Waals surface area contributed by atoms with Gasteiger partial charge in [0.1, 0.15) is 18.9 Å². The maximum atomic E-state index is 2.49. The fourth-order valence-corrected chi connectivity index (χ4v) is 6.39. The van der Waals surface area contributed by atoms with Gasteiger partial charge in [-0.15, -0.1) is 0 Å². The summed E-state index contributed by atoms with van der Waals surface area (Å²) in [5, 5.41) is 0. The second kappa shape index (κ2) is 14.8. The van der Waals surface area contributed by atoms with Gasteiger partial charge in [-0.25, -0.2) is 9.13 Å². The van der Waals surface area contributed by atoms with E-state index in [2.05, 4.69) is 91.4 Å². The number of rotatable bonds is 15. The van der Waals surface area contributed by atoms with Crippen LogP contribution in [0.5, 0.6) is 0 Å². The van der Waals surface area contributed by atoms with Gasteiger partial charge in [-0.2, -0.15) is 0 Å². The Kier molecular flexibility index (Phi) is 13.7. The highest BCUT2D eigenvalue weighted by molar-refractivity contribution is 6.76. The Balaban J connectivity index is 0.00000512. The number of hydrogen-bond donors (Lipinski definition) is 0. The molecule has 0 radical (unpaired) electrons. The fourth-order valence-electron chi connectivity index (χ4n) is 4.04. The van der Waals surface area contributed by atoms with Crippen molar-refractivity contribution in [1.29, 1.82) is 0 Å². The van der Waals surface area contributed by atoms with Gasteiger partial charge in [0.25, 0.3) is 0 Å². The molecule has 0 spiro atoms. The van der Waals surface area contributed by atoms with E-state index in [1.807, 2.05) is 0 Å². The number of halogens is 1. The maximum absolute atomic E-state index is 2.49. The minimum Gasteiger partial charge on any atom is -1.00 e. The summed E-state index contributed by atoms with van der Waals surface area (Å²) in [4.78, 5) is 0. The van der Waals surface area contributed by atoms with Crippen LogP contribution >= 0.6 is 0 Å². The molecule has 1 aromatic carbocycles. The number of imidazole rings is 1. The minimum atomic E-state index is -0.948. The van der Waals surface area contributed by atoms with E-state index in [0.29, 0.717) is 0 Å². The Morgan fingerprint density at radius 3 is 1.81 bits per heavy atom. The first-order chi connectivity index (χ1) is 14.6. The molecule has 0 unspecified atom stereocenters. The molecule has 1 aromatic heterocycles. The number of aryl methyl sites for hydroxylation is 2. The van der Waals surface area contributed by atoms with Gasteiger partial charge in [-0.05, 0) is 30.4 Å². The van der Waals surface area contributed by atoms with Gasteiger partial charge >= 0.3 is 0 Å². The van der Waals surface area contributed by atoms with E-state index in [4.69, 9.17) is 0 Å². The van der Waals surface area contributed by atoms with Gasteiger partial charge in [-0.3, -0.25) is 0 Å². The van der Waals surface area contributed by atoms with Gasteiger partial charge in [0.15, 0.2) is 0 Å². The molecule has 0 amide bonds. The van der Waals surface area contributed by atoms with Crippen molar-refractivity contribution in [2.45, 2.75) is 116 Å². The molecule has 0 bridgehead atoms. The first kappa shape index (κ1) is 29.6. The highest BCUT2D eigenvalue weighted by Gasteiger charge is 2.13. The van der Waals surface area contributed by atoms with Gasteiger partial charge in [0.05, 0.1) is 6.54 Å². The number of hydrogen-bond acceptors (Lipinski definition) is 0. The summed E-state index contributed by atoms with van der Waals surface area (Å²) in [5.74, 6) is 0. The van der Waals surface area contributed by atoms with Crippen LogP contribution in [0.25, 0.3) is 0 Å². The third-order valence-corrected chi connectivity index (χ3v) is 9.74. The predicted molar refractivity (Wildman–Crippen MR) is 142 cm³/mol. The zero-order valence-electron chi connectivity index (χ0n) is 21.8. The molecule has 0 saturated heterocycles. The topological polar surface area (TPSA) is 8.81 Å². The first-order valence-electron chi connectivity index (χ1n) is 12.7. The SMILES string of the molecule is C[Si](C)(C)CCCCCCCCCn1cc[n+](Cc2ccc(CC[Si](C)(C)C)cc2)c1.[I-]. The van der Waals surface area contributed by atoms with Crippen LogP contribution in [0.2, 0.25) is 51.4 Å². The fraction of sp³-hybridized carbons (Fsp3) is 0.667. The predicted octanol–water partition coefficient (Wildman–Crippen LogP) is 4.78. The van der Waals surface area contributed by atoms with Crippen LogP contribution in [0.3, 0.4) is 0 Å². The molecule has 1 heterocycles. The lowest BCUT2D eigenvalue weighted by Gasteiger charge is -2.15. The standard InChI is InChI=1S/C27H49N2Si2.HI/c1-30(2,3)22-13-11-9-7-8-10-12-19-28-20-21-29(25-28)24-27-16-14-26(15-17-27)18-23-31(4,5)6;/h14-17,20-21,25H,7-13,18-19,22-24H2,1-6H3;1H/q+1;/p-1. The Labute approximate surface area is 218 Å². The van der Waals surface area contributed by atoms with E-state index in [1.165, 1.54) is 74.6 Å².